The molecule has 0 saturated heterocycles. The molecule has 0 N–H and O–H groups in total. The van der Waals surface area contributed by atoms with E-state index < -0.39 is 5.82 Å². The van der Waals surface area contributed by atoms with Gasteiger partial charge in [0.15, 0.2) is 0 Å². The van der Waals surface area contributed by atoms with Crippen LogP contribution in [0, 0.1) is 29.0 Å². The molecule has 0 aliphatic heterocycles. The highest BCUT2D eigenvalue weighted by Gasteiger charge is 2.25. The number of nitriles is 1. The summed E-state index contributed by atoms with van der Waals surface area (Å²) in [6.45, 7) is 1.64. The lowest BCUT2D eigenvalue weighted by atomic mass is 10.1. The molecular weight excluding hydrogens is 205 g/mol. The molecular formula is C13H10FNO. The molecule has 2 nitrogen and oxygen atoms in total. The Morgan fingerprint density at radius 3 is 2.69 bits per heavy atom. The van der Waals surface area contributed by atoms with Crippen molar-refractivity contribution in [3.63, 3.8) is 0 Å². The molecule has 0 atom stereocenters. The van der Waals surface area contributed by atoms with Crippen LogP contribution >= 0.6 is 0 Å². The minimum absolute atomic E-state index is 0.181. The van der Waals surface area contributed by atoms with Crippen LogP contribution in [0.5, 0.6) is 5.75 Å². The van der Waals surface area contributed by atoms with Crippen LogP contribution in [0.25, 0.3) is 0 Å². The Balaban J connectivity index is 2.41. The fourth-order valence-electron chi connectivity index (χ4n) is 1.33. The highest BCUT2D eigenvalue weighted by Crippen LogP contribution is 2.30. The highest BCUT2D eigenvalue weighted by atomic mass is 19.1. The van der Waals surface area contributed by atoms with Gasteiger partial charge in [-0.15, -0.1) is 5.92 Å². The molecule has 3 heteroatoms. The van der Waals surface area contributed by atoms with Gasteiger partial charge in [0.2, 0.25) is 0 Å². The fraction of sp³-hybridized carbons (Fsp3) is 0.308. The Hall–Kier alpha value is -2.00. The maximum atomic E-state index is 13.4. The molecule has 0 amide bonds. The van der Waals surface area contributed by atoms with Crippen LogP contribution in [0.1, 0.15) is 30.9 Å². The number of halogens is 1. The fourth-order valence-corrected chi connectivity index (χ4v) is 1.33. The van der Waals surface area contributed by atoms with Crippen molar-refractivity contribution in [2.45, 2.75) is 25.9 Å². The van der Waals surface area contributed by atoms with E-state index in [1.807, 2.05) is 6.07 Å². The van der Waals surface area contributed by atoms with Crippen molar-refractivity contribution in [2.24, 2.45) is 0 Å². The molecule has 1 aromatic rings. The van der Waals surface area contributed by atoms with Crippen molar-refractivity contribution >= 4 is 0 Å². The topological polar surface area (TPSA) is 33.0 Å². The number of hydrogen-bond donors (Lipinski definition) is 0. The number of hydrogen-bond acceptors (Lipinski definition) is 2. The Labute approximate surface area is 93.7 Å². The Morgan fingerprint density at radius 2 is 2.12 bits per heavy atom. The quantitative estimate of drug-likeness (QED) is 0.710. The van der Waals surface area contributed by atoms with Crippen molar-refractivity contribution in [2.75, 3.05) is 0 Å². The van der Waals surface area contributed by atoms with Crippen LogP contribution in [0.2, 0.25) is 0 Å². The minimum Gasteiger partial charge on any atom is -0.489 e. The minimum atomic E-state index is -0.478. The van der Waals surface area contributed by atoms with Gasteiger partial charge in [-0.2, -0.15) is 5.26 Å². The lowest BCUT2D eigenvalue weighted by molar-refractivity contribution is 0.301. The van der Waals surface area contributed by atoms with Crippen LogP contribution in [0.15, 0.2) is 12.1 Å². The van der Waals surface area contributed by atoms with E-state index in [2.05, 4.69) is 11.8 Å². The molecule has 0 bridgehead atoms. The summed E-state index contributed by atoms with van der Waals surface area (Å²) in [4.78, 5) is 0. The van der Waals surface area contributed by atoms with Crippen molar-refractivity contribution in [1.82, 2.24) is 0 Å². The molecule has 1 aliphatic carbocycles. The Kier molecular flexibility index (Phi) is 2.79. The summed E-state index contributed by atoms with van der Waals surface area (Å²) in [5.41, 5.74) is 0.503. The average Bonchev–Trinajstić information content (AvgIpc) is 3.06. The molecule has 0 aromatic heterocycles. The van der Waals surface area contributed by atoms with E-state index in [1.165, 1.54) is 12.1 Å². The number of ether oxygens (including phenoxy) is 1. The first-order valence-corrected chi connectivity index (χ1v) is 5.07. The van der Waals surface area contributed by atoms with Gasteiger partial charge in [-0.05, 0) is 25.8 Å². The van der Waals surface area contributed by atoms with Crippen molar-refractivity contribution in [3.8, 4) is 23.7 Å². The average molecular weight is 215 g/mol. The molecule has 1 aromatic carbocycles. The second kappa shape index (κ2) is 4.24. The van der Waals surface area contributed by atoms with Crippen molar-refractivity contribution < 1.29 is 9.13 Å². The van der Waals surface area contributed by atoms with Crippen molar-refractivity contribution in [1.29, 1.82) is 5.26 Å². The van der Waals surface area contributed by atoms with E-state index in [9.17, 15) is 4.39 Å². The molecule has 1 aliphatic rings. The number of nitrogens with zero attached hydrogens (tertiary/aromatic N) is 1. The molecule has 0 unspecified atom stereocenters. The first kappa shape index (κ1) is 10.5. The van der Waals surface area contributed by atoms with E-state index in [4.69, 9.17) is 10.00 Å². The zero-order chi connectivity index (χ0) is 11.5. The van der Waals surface area contributed by atoms with E-state index in [0.717, 1.165) is 12.8 Å². The zero-order valence-electron chi connectivity index (χ0n) is 8.88. The maximum Gasteiger partial charge on any atom is 0.140 e. The lowest BCUT2D eigenvalue weighted by Crippen LogP contribution is -2.00. The molecule has 1 fully saturated rings. The third-order valence-corrected chi connectivity index (χ3v) is 2.27. The van der Waals surface area contributed by atoms with E-state index in [1.54, 1.807) is 6.92 Å². The van der Waals surface area contributed by atoms with Gasteiger partial charge in [0.05, 0.1) is 17.2 Å². The predicted octanol–water partition coefficient (Wildman–Crippen LogP) is 2.61. The summed E-state index contributed by atoms with van der Waals surface area (Å²) in [6, 6.07) is 4.61. The standard InChI is InChI=1S/C13H10FNO/c1-2-3-9-7-13(16-11-4-5-11)10(8-15)6-12(9)14/h6-7,11H,4-5H2,1H3. The smallest absolute Gasteiger partial charge is 0.140 e. The van der Waals surface area contributed by atoms with Gasteiger partial charge < -0.3 is 4.74 Å². The van der Waals surface area contributed by atoms with Crippen LogP contribution < -0.4 is 4.74 Å². The summed E-state index contributed by atoms with van der Waals surface area (Å²) >= 11 is 0. The van der Waals surface area contributed by atoms with Gasteiger partial charge in [-0.1, -0.05) is 5.92 Å². The van der Waals surface area contributed by atoms with Gasteiger partial charge >= 0.3 is 0 Å². The third-order valence-electron chi connectivity index (χ3n) is 2.27. The van der Waals surface area contributed by atoms with Gasteiger partial charge in [-0.25, -0.2) is 4.39 Å². The van der Waals surface area contributed by atoms with Crippen LogP contribution in [-0.4, -0.2) is 6.10 Å². The zero-order valence-corrected chi connectivity index (χ0v) is 8.88. The van der Waals surface area contributed by atoms with E-state index in [-0.39, 0.29) is 17.2 Å². The largest absolute Gasteiger partial charge is 0.489 e. The molecule has 0 heterocycles. The molecule has 1 saturated carbocycles. The number of benzene rings is 1. The summed E-state index contributed by atoms with van der Waals surface area (Å²) in [5, 5.41) is 8.86. The molecule has 0 spiro atoms. The molecule has 0 radical (unpaired) electrons. The molecule has 80 valence electrons. The summed E-state index contributed by atoms with van der Waals surface area (Å²) in [7, 11) is 0. The normalized spacial score (nSPS) is 13.6. The molecule has 16 heavy (non-hydrogen) atoms. The van der Waals surface area contributed by atoms with E-state index in [0.29, 0.717) is 5.75 Å². The summed E-state index contributed by atoms with van der Waals surface area (Å²) in [6.07, 6.45) is 2.17. The van der Waals surface area contributed by atoms with Crippen molar-refractivity contribution in [3.05, 3.63) is 29.1 Å². The van der Waals surface area contributed by atoms with Crippen LogP contribution in [-0.2, 0) is 0 Å². The van der Waals surface area contributed by atoms with Crippen LogP contribution in [0.4, 0.5) is 4.39 Å². The Morgan fingerprint density at radius 1 is 1.38 bits per heavy atom. The lowest BCUT2D eigenvalue weighted by Gasteiger charge is -2.07. The van der Waals surface area contributed by atoms with E-state index >= 15 is 0 Å². The van der Waals surface area contributed by atoms with Gasteiger partial charge in [-0.3, -0.25) is 0 Å². The molecule has 2 rings (SSSR count). The van der Waals surface area contributed by atoms with Crippen LogP contribution in [0.3, 0.4) is 0 Å². The summed E-state index contributed by atoms with van der Waals surface area (Å²) < 4.78 is 19.0. The Bertz CT molecular complexity index is 515. The summed E-state index contributed by atoms with van der Waals surface area (Å²) in [5.74, 6) is 5.23. The van der Waals surface area contributed by atoms with Gasteiger partial charge in [0.25, 0.3) is 0 Å². The third kappa shape index (κ3) is 2.15. The SMILES string of the molecule is CC#Cc1cc(OC2CC2)c(C#N)cc1F. The second-order valence-corrected chi connectivity index (χ2v) is 3.63. The maximum absolute atomic E-state index is 13.4. The highest BCUT2D eigenvalue weighted by molar-refractivity contribution is 5.50. The second-order valence-electron chi connectivity index (χ2n) is 3.63. The predicted molar refractivity (Wildman–Crippen MR) is 57.3 cm³/mol. The van der Waals surface area contributed by atoms with Gasteiger partial charge in [0.1, 0.15) is 17.6 Å². The number of rotatable bonds is 2. The van der Waals surface area contributed by atoms with Gasteiger partial charge in [0, 0.05) is 6.07 Å². The first-order chi connectivity index (χ1) is 7.74. The monoisotopic (exact) mass is 215 g/mol. The first-order valence-electron chi connectivity index (χ1n) is 5.07.